The maximum absolute atomic E-state index is 12.1. The van der Waals surface area contributed by atoms with Crippen molar-refractivity contribution in [3.05, 3.63) is 58.1 Å². The van der Waals surface area contributed by atoms with Crippen molar-refractivity contribution in [3.8, 4) is 0 Å². The standard InChI is InChI=1S/C19H22ClNOS/c1-13-11-14(2)19(15(3)12-13)21-18(22)5-4-10-23-17-8-6-16(20)7-9-17/h6-9,11-12H,4-5,10H2,1-3H3,(H,21,22). The smallest absolute Gasteiger partial charge is 0.224 e. The second kappa shape index (κ2) is 8.42. The minimum atomic E-state index is 0.0803. The zero-order valence-corrected chi connectivity index (χ0v) is 15.4. The number of aryl methyl sites for hydroxylation is 3. The Morgan fingerprint density at radius 2 is 1.70 bits per heavy atom. The maximum Gasteiger partial charge on any atom is 0.224 e. The lowest BCUT2D eigenvalue weighted by Crippen LogP contribution is -2.13. The highest BCUT2D eigenvalue weighted by Gasteiger charge is 2.08. The van der Waals surface area contributed by atoms with E-state index in [2.05, 4.69) is 24.4 Å². The van der Waals surface area contributed by atoms with E-state index in [1.807, 2.05) is 38.1 Å². The van der Waals surface area contributed by atoms with Crippen molar-refractivity contribution in [1.82, 2.24) is 0 Å². The van der Waals surface area contributed by atoms with Crippen molar-refractivity contribution < 1.29 is 4.79 Å². The number of hydrogen-bond donors (Lipinski definition) is 1. The Kier molecular flexibility index (Phi) is 6.55. The number of carbonyl (C=O) groups excluding carboxylic acids is 1. The number of amides is 1. The Morgan fingerprint density at radius 3 is 2.30 bits per heavy atom. The van der Waals surface area contributed by atoms with Gasteiger partial charge in [0.2, 0.25) is 5.91 Å². The summed E-state index contributed by atoms with van der Waals surface area (Å²) >= 11 is 7.61. The van der Waals surface area contributed by atoms with Crippen molar-refractivity contribution in [3.63, 3.8) is 0 Å². The van der Waals surface area contributed by atoms with E-state index in [0.717, 1.165) is 34.0 Å². The number of hydrogen-bond acceptors (Lipinski definition) is 2. The fourth-order valence-electron chi connectivity index (χ4n) is 2.53. The van der Waals surface area contributed by atoms with E-state index >= 15 is 0 Å². The van der Waals surface area contributed by atoms with Gasteiger partial charge in [-0.05, 0) is 68.3 Å². The van der Waals surface area contributed by atoms with E-state index in [9.17, 15) is 4.79 Å². The fraction of sp³-hybridized carbons (Fsp3) is 0.316. The highest BCUT2D eigenvalue weighted by molar-refractivity contribution is 7.99. The minimum Gasteiger partial charge on any atom is -0.326 e. The summed E-state index contributed by atoms with van der Waals surface area (Å²) in [6.45, 7) is 6.14. The zero-order chi connectivity index (χ0) is 16.8. The van der Waals surface area contributed by atoms with Crippen molar-refractivity contribution >= 4 is 35.0 Å². The van der Waals surface area contributed by atoms with Crippen molar-refractivity contribution in [1.29, 1.82) is 0 Å². The van der Waals surface area contributed by atoms with Crippen LogP contribution in [0.4, 0.5) is 5.69 Å². The molecule has 23 heavy (non-hydrogen) atoms. The number of rotatable bonds is 6. The van der Waals surface area contributed by atoms with E-state index in [0.29, 0.717) is 6.42 Å². The second-order valence-electron chi connectivity index (χ2n) is 5.73. The van der Waals surface area contributed by atoms with Crippen LogP contribution in [0.1, 0.15) is 29.5 Å². The van der Waals surface area contributed by atoms with Gasteiger partial charge in [-0.1, -0.05) is 29.3 Å². The Bertz CT molecular complexity index is 659. The molecule has 0 aliphatic carbocycles. The first-order chi connectivity index (χ1) is 11.0. The lowest BCUT2D eigenvalue weighted by atomic mass is 10.0. The summed E-state index contributed by atoms with van der Waals surface area (Å²) in [4.78, 5) is 13.3. The van der Waals surface area contributed by atoms with Crippen LogP contribution in [0.25, 0.3) is 0 Å². The van der Waals surface area contributed by atoms with Crippen LogP contribution in [0, 0.1) is 20.8 Å². The van der Waals surface area contributed by atoms with Crippen LogP contribution >= 0.6 is 23.4 Å². The van der Waals surface area contributed by atoms with Gasteiger partial charge < -0.3 is 5.32 Å². The number of anilines is 1. The van der Waals surface area contributed by atoms with E-state index in [1.165, 1.54) is 10.5 Å². The first-order valence-corrected chi connectivity index (χ1v) is 9.08. The van der Waals surface area contributed by atoms with Gasteiger partial charge in [0.25, 0.3) is 0 Å². The first-order valence-electron chi connectivity index (χ1n) is 7.72. The monoisotopic (exact) mass is 347 g/mol. The average Bonchev–Trinajstić information content (AvgIpc) is 2.49. The van der Waals surface area contributed by atoms with Gasteiger partial charge >= 0.3 is 0 Å². The summed E-state index contributed by atoms with van der Waals surface area (Å²) in [5.41, 5.74) is 4.40. The molecular weight excluding hydrogens is 326 g/mol. The third-order valence-electron chi connectivity index (χ3n) is 3.57. The molecule has 0 saturated heterocycles. The highest BCUT2D eigenvalue weighted by Crippen LogP contribution is 2.23. The summed E-state index contributed by atoms with van der Waals surface area (Å²) in [7, 11) is 0. The van der Waals surface area contributed by atoms with Crippen LogP contribution in [0.15, 0.2) is 41.3 Å². The molecule has 122 valence electrons. The van der Waals surface area contributed by atoms with Crippen LogP contribution in [0.2, 0.25) is 5.02 Å². The topological polar surface area (TPSA) is 29.1 Å². The number of halogens is 1. The van der Waals surface area contributed by atoms with Gasteiger partial charge in [-0.2, -0.15) is 0 Å². The number of nitrogens with one attached hydrogen (secondary N) is 1. The Balaban J connectivity index is 1.78. The van der Waals surface area contributed by atoms with Crippen molar-refractivity contribution in [2.45, 2.75) is 38.5 Å². The van der Waals surface area contributed by atoms with Crippen LogP contribution in [0.3, 0.4) is 0 Å². The molecular formula is C19H22ClNOS. The molecule has 2 nitrogen and oxygen atoms in total. The summed E-state index contributed by atoms with van der Waals surface area (Å²) in [5.74, 6) is 0.998. The van der Waals surface area contributed by atoms with E-state index in [1.54, 1.807) is 11.8 Å². The van der Waals surface area contributed by atoms with Gasteiger partial charge in [0.15, 0.2) is 0 Å². The van der Waals surface area contributed by atoms with Gasteiger partial charge in [0, 0.05) is 22.0 Å². The quantitative estimate of drug-likeness (QED) is 0.530. The second-order valence-corrected chi connectivity index (χ2v) is 7.33. The molecule has 0 heterocycles. The molecule has 2 rings (SSSR count). The molecule has 2 aromatic rings. The van der Waals surface area contributed by atoms with Crippen LogP contribution < -0.4 is 5.32 Å². The van der Waals surface area contributed by atoms with E-state index in [4.69, 9.17) is 11.6 Å². The summed E-state index contributed by atoms with van der Waals surface area (Å²) in [6.07, 6.45) is 1.39. The predicted octanol–water partition coefficient (Wildman–Crippen LogP) is 5.78. The van der Waals surface area contributed by atoms with Crippen LogP contribution in [-0.4, -0.2) is 11.7 Å². The molecule has 0 aliphatic rings. The molecule has 2 aromatic carbocycles. The fourth-order valence-corrected chi connectivity index (χ4v) is 3.51. The molecule has 1 amide bonds. The Labute approximate surface area is 147 Å². The van der Waals surface area contributed by atoms with Crippen LogP contribution in [0.5, 0.6) is 0 Å². The molecule has 0 unspecified atom stereocenters. The van der Waals surface area contributed by atoms with Gasteiger partial charge in [-0.15, -0.1) is 11.8 Å². The largest absolute Gasteiger partial charge is 0.326 e. The first kappa shape index (κ1) is 17.9. The summed E-state index contributed by atoms with van der Waals surface area (Å²) in [5, 5.41) is 3.79. The molecule has 0 saturated carbocycles. The van der Waals surface area contributed by atoms with Crippen molar-refractivity contribution in [2.24, 2.45) is 0 Å². The summed E-state index contributed by atoms with van der Waals surface area (Å²) < 4.78 is 0. The van der Waals surface area contributed by atoms with Gasteiger partial charge in [0.05, 0.1) is 0 Å². The van der Waals surface area contributed by atoms with Gasteiger partial charge in [-0.25, -0.2) is 0 Å². The Hall–Kier alpha value is -1.45. The molecule has 0 bridgehead atoms. The normalized spacial score (nSPS) is 10.6. The average molecular weight is 348 g/mol. The van der Waals surface area contributed by atoms with E-state index in [-0.39, 0.29) is 5.91 Å². The van der Waals surface area contributed by atoms with Gasteiger partial charge in [-0.3, -0.25) is 4.79 Å². The lowest BCUT2D eigenvalue weighted by molar-refractivity contribution is -0.116. The third kappa shape index (κ3) is 5.60. The molecule has 0 aromatic heterocycles. The number of benzene rings is 2. The minimum absolute atomic E-state index is 0.0803. The summed E-state index contributed by atoms with van der Waals surface area (Å²) in [6, 6.07) is 12.0. The SMILES string of the molecule is Cc1cc(C)c(NC(=O)CCCSc2ccc(Cl)cc2)c(C)c1. The van der Waals surface area contributed by atoms with Crippen molar-refractivity contribution in [2.75, 3.05) is 11.1 Å². The lowest BCUT2D eigenvalue weighted by Gasteiger charge is -2.12. The molecule has 0 spiro atoms. The molecule has 0 aliphatic heterocycles. The van der Waals surface area contributed by atoms with E-state index < -0.39 is 0 Å². The van der Waals surface area contributed by atoms with Crippen LogP contribution in [-0.2, 0) is 4.79 Å². The molecule has 1 N–H and O–H groups in total. The van der Waals surface area contributed by atoms with Gasteiger partial charge in [0.1, 0.15) is 0 Å². The Morgan fingerprint density at radius 1 is 1.09 bits per heavy atom. The molecule has 0 atom stereocenters. The predicted molar refractivity (Wildman–Crippen MR) is 101 cm³/mol. The molecule has 4 heteroatoms. The maximum atomic E-state index is 12.1. The number of carbonyl (C=O) groups is 1. The molecule has 0 radical (unpaired) electrons. The molecule has 0 fully saturated rings. The zero-order valence-electron chi connectivity index (χ0n) is 13.8. The third-order valence-corrected chi connectivity index (χ3v) is 4.92. The number of thioether (sulfide) groups is 1. The highest BCUT2D eigenvalue weighted by atomic mass is 35.5.